The number of ether oxygens (including phenoxy) is 3. The Morgan fingerprint density at radius 1 is 1.13 bits per heavy atom. The molecule has 2 aromatic carbocycles. The van der Waals surface area contributed by atoms with Crippen molar-refractivity contribution in [1.29, 1.82) is 5.26 Å². The van der Waals surface area contributed by atoms with E-state index < -0.39 is 0 Å². The molecule has 3 atom stereocenters. The molecular formula is C25H28N2O3. The molecule has 156 valence electrons. The third-order valence-electron chi connectivity index (χ3n) is 6.19. The van der Waals surface area contributed by atoms with Crippen molar-refractivity contribution in [2.75, 3.05) is 20.8 Å². The zero-order valence-corrected chi connectivity index (χ0v) is 18.0. The molecule has 5 nitrogen and oxygen atoms in total. The van der Waals surface area contributed by atoms with Gasteiger partial charge in [-0.2, -0.15) is 5.26 Å². The molecule has 0 aromatic heterocycles. The number of nitrogens with zero attached hydrogens (tertiary/aromatic N) is 2. The van der Waals surface area contributed by atoms with Gasteiger partial charge in [-0.1, -0.05) is 36.4 Å². The minimum atomic E-state index is -0.284. The molecule has 1 unspecified atom stereocenters. The SMILES string of the molecule is COc1ccc2c(c1OC)CC(c1ccccc1)[C@@H](CC1=NC(C)(C)CO1)[C@@H]2C#N. The molecular weight excluding hydrogens is 376 g/mol. The van der Waals surface area contributed by atoms with Crippen LogP contribution < -0.4 is 9.47 Å². The van der Waals surface area contributed by atoms with Crippen LogP contribution in [0.25, 0.3) is 0 Å². The fraction of sp³-hybridized carbons (Fsp3) is 0.440. The van der Waals surface area contributed by atoms with Crippen LogP contribution in [0.5, 0.6) is 11.5 Å². The minimum Gasteiger partial charge on any atom is -0.493 e. The number of benzene rings is 2. The lowest BCUT2D eigenvalue weighted by molar-refractivity contribution is 0.261. The van der Waals surface area contributed by atoms with Crippen LogP contribution >= 0.6 is 0 Å². The van der Waals surface area contributed by atoms with Gasteiger partial charge in [0.1, 0.15) is 6.61 Å². The van der Waals surface area contributed by atoms with Crippen LogP contribution in [0, 0.1) is 17.2 Å². The van der Waals surface area contributed by atoms with Gasteiger partial charge in [0.25, 0.3) is 0 Å². The van der Waals surface area contributed by atoms with Crippen molar-refractivity contribution < 1.29 is 14.2 Å². The third kappa shape index (κ3) is 3.63. The Labute approximate surface area is 178 Å². The molecule has 4 rings (SSSR count). The normalized spacial score (nSPS) is 24.2. The Hall–Kier alpha value is -3.00. The molecule has 0 N–H and O–H groups in total. The number of hydrogen-bond donors (Lipinski definition) is 0. The molecule has 0 saturated carbocycles. The van der Waals surface area contributed by atoms with E-state index in [0.717, 1.165) is 29.2 Å². The Bertz CT molecular complexity index is 991. The van der Waals surface area contributed by atoms with Crippen LogP contribution in [0.2, 0.25) is 0 Å². The van der Waals surface area contributed by atoms with Crippen LogP contribution in [0.4, 0.5) is 0 Å². The highest BCUT2D eigenvalue weighted by molar-refractivity contribution is 5.79. The average Bonchev–Trinajstić information content (AvgIpc) is 3.11. The molecule has 1 aliphatic heterocycles. The lowest BCUT2D eigenvalue weighted by atomic mass is 9.65. The van der Waals surface area contributed by atoms with Crippen LogP contribution in [-0.4, -0.2) is 32.3 Å². The van der Waals surface area contributed by atoms with E-state index in [1.807, 2.05) is 18.2 Å². The van der Waals surface area contributed by atoms with Crippen molar-refractivity contribution in [3.8, 4) is 17.6 Å². The van der Waals surface area contributed by atoms with Crippen molar-refractivity contribution in [3.63, 3.8) is 0 Å². The Kier molecular flexibility index (Phi) is 5.42. The zero-order valence-electron chi connectivity index (χ0n) is 18.0. The summed E-state index contributed by atoms with van der Waals surface area (Å²) >= 11 is 0. The van der Waals surface area contributed by atoms with Gasteiger partial charge >= 0.3 is 0 Å². The molecule has 1 heterocycles. The number of hydrogen-bond acceptors (Lipinski definition) is 5. The maximum atomic E-state index is 10.2. The summed E-state index contributed by atoms with van der Waals surface area (Å²) in [5, 5.41) is 10.2. The third-order valence-corrected chi connectivity index (χ3v) is 6.19. The van der Waals surface area contributed by atoms with Crippen molar-refractivity contribution in [2.24, 2.45) is 10.9 Å². The highest BCUT2D eigenvalue weighted by Crippen LogP contribution is 2.50. The second-order valence-corrected chi connectivity index (χ2v) is 8.67. The van der Waals surface area contributed by atoms with Gasteiger partial charge in [-0.25, -0.2) is 4.99 Å². The van der Waals surface area contributed by atoms with E-state index in [1.54, 1.807) is 14.2 Å². The summed E-state index contributed by atoms with van der Waals surface area (Å²) in [6, 6.07) is 16.9. The van der Waals surface area contributed by atoms with Crippen LogP contribution in [0.3, 0.4) is 0 Å². The number of rotatable bonds is 5. The number of fused-ring (bicyclic) bond motifs is 1. The van der Waals surface area contributed by atoms with E-state index in [2.05, 4.69) is 44.2 Å². The monoisotopic (exact) mass is 404 g/mol. The van der Waals surface area contributed by atoms with E-state index in [9.17, 15) is 5.26 Å². The quantitative estimate of drug-likeness (QED) is 0.714. The van der Waals surface area contributed by atoms with E-state index >= 15 is 0 Å². The maximum absolute atomic E-state index is 10.2. The highest BCUT2D eigenvalue weighted by atomic mass is 16.5. The number of aliphatic imine (C=N–C) groups is 1. The Morgan fingerprint density at radius 2 is 1.90 bits per heavy atom. The molecule has 0 bridgehead atoms. The summed E-state index contributed by atoms with van der Waals surface area (Å²) in [5.41, 5.74) is 3.09. The molecule has 0 spiro atoms. The van der Waals surface area contributed by atoms with Crippen molar-refractivity contribution in [3.05, 3.63) is 59.2 Å². The second kappa shape index (κ2) is 8.02. The molecule has 0 fully saturated rings. The van der Waals surface area contributed by atoms with Crippen LogP contribution in [0.1, 0.15) is 48.8 Å². The largest absolute Gasteiger partial charge is 0.493 e. The molecule has 0 radical (unpaired) electrons. The van der Waals surface area contributed by atoms with Crippen LogP contribution in [-0.2, 0) is 11.2 Å². The summed E-state index contributed by atoms with van der Waals surface area (Å²) in [7, 11) is 3.30. The number of methoxy groups -OCH3 is 2. The van der Waals surface area contributed by atoms with Crippen molar-refractivity contribution in [2.45, 2.75) is 44.1 Å². The number of nitriles is 1. The predicted octanol–water partition coefficient (Wildman–Crippen LogP) is 4.86. The fourth-order valence-electron chi connectivity index (χ4n) is 4.80. The molecule has 2 aliphatic rings. The Morgan fingerprint density at radius 3 is 2.50 bits per heavy atom. The van der Waals surface area contributed by atoms with E-state index in [1.165, 1.54) is 5.56 Å². The average molecular weight is 405 g/mol. The van der Waals surface area contributed by atoms with Gasteiger partial charge in [0, 0.05) is 12.0 Å². The summed E-state index contributed by atoms with van der Waals surface area (Å²) in [5.74, 6) is 2.12. The minimum absolute atomic E-state index is 0.0654. The Balaban J connectivity index is 1.82. The molecule has 1 aliphatic carbocycles. The molecule has 2 aromatic rings. The lowest BCUT2D eigenvalue weighted by Gasteiger charge is -2.37. The highest BCUT2D eigenvalue weighted by Gasteiger charge is 2.41. The van der Waals surface area contributed by atoms with E-state index in [4.69, 9.17) is 19.2 Å². The first-order valence-corrected chi connectivity index (χ1v) is 10.4. The van der Waals surface area contributed by atoms with Gasteiger partial charge in [0.2, 0.25) is 0 Å². The zero-order chi connectivity index (χ0) is 21.3. The van der Waals surface area contributed by atoms with Gasteiger partial charge < -0.3 is 14.2 Å². The summed E-state index contributed by atoms with van der Waals surface area (Å²) in [4.78, 5) is 4.77. The molecule has 0 saturated heterocycles. The summed E-state index contributed by atoms with van der Waals surface area (Å²) in [6.07, 6.45) is 1.42. The van der Waals surface area contributed by atoms with E-state index in [0.29, 0.717) is 18.8 Å². The van der Waals surface area contributed by atoms with Crippen LogP contribution in [0.15, 0.2) is 47.5 Å². The summed E-state index contributed by atoms with van der Waals surface area (Å²) in [6.45, 7) is 4.73. The first-order valence-electron chi connectivity index (χ1n) is 10.4. The fourth-order valence-corrected chi connectivity index (χ4v) is 4.80. The van der Waals surface area contributed by atoms with Gasteiger partial charge in [0.05, 0.1) is 31.7 Å². The molecule has 5 heteroatoms. The first-order chi connectivity index (χ1) is 14.5. The van der Waals surface area contributed by atoms with Gasteiger partial charge in [0.15, 0.2) is 17.4 Å². The lowest BCUT2D eigenvalue weighted by Crippen LogP contribution is -2.30. The first kappa shape index (κ1) is 20.3. The van der Waals surface area contributed by atoms with E-state index in [-0.39, 0.29) is 23.3 Å². The standard InChI is InChI=1S/C25H28N2O3/c1-25(2)15-30-23(27-25)13-19-18(16-8-6-5-7-9-16)12-20-17(21(19)14-26)10-11-22(28-3)24(20)29-4/h5-11,18-19,21H,12-13,15H2,1-4H3/t18?,19-,21-/m1/s1. The second-order valence-electron chi connectivity index (χ2n) is 8.67. The smallest absolute Gasteiger partial charge is 0.184 e. The predicted molar refractivity (Wildman–Crippen MR) is 116 cm³/mol. The molecule has 0 amide bonds. The van der Waals surface area contributed by atoms with Gasteiger partial charge in [-0.05, 0) is 49.3 Å². The molecule has 30 heavy (non-hydrogen) atoms. The van der Waals surface area contributed by atoms with Gasteiger partial charge in [-0.3, -0.25) is 0 Å². The maximum Gasteiger partial charge on any atom is 0.184 e. The summed E-state index contributed by atoms with van der Waals surface area (Å²) < 4.78 is 17.2. The topological polar surface area (TPSA) is 63.8 Å². The van der Waals surface area contributed by atoms with Crippen molar-refractivity contribution >= 4 is 5.90 Å². The van der Waals surface area contributed by atoms with Gasteiger partial charge in [-0.15, -0.1) is 0 Å². The van der Waals surface area contributed by atoms with Crippen molar-refractivity contribution in [1.82, 2.24) is 0 Å².